The van der Waals surface area contributed by atoms with E-state index in [9.17, 15) is 0 Å². The summed E-state index contributed by atoms with van der Waals surface area (Å²) in [5, 5.41) is 4.58. The zero-order valence-corrected chi connectivity index (χ0v) is 8.58. The highest BCUT2D eigenvalue weighted by atomic mass is 15.8. The second-order valence-corrected chi connectivity index (χ2v) is 4.36. The molecule has 0 aromatic rings. The molecule has 80 valence electrons. The number of rotatable bonds is 2. The van der Waals surface area contributed by atoms with Gasteiger partial charge < -0.3 is 4.90 Å². The fourth-order valence-corrected chi connectivity index (χ4v) is 1.92. The third kappa shape index (κ3) is 1.32. The van der Waals surface area contributed by atoms with Crippen LogP contribution in [0.1, 0.15) is 0 Å². The van der Waals surface area contributed by atoms with Crippen LogP contribution in [0.3, 0.4) is 0 Å². The summed E-state index contributed by atoms with van der Waals surface area (Å²) in [5.74, 6) is 1.10. The van der Waals surface area contributed by atoms with Crippen molar-refractivity contribution in [2.24, 2.45) is 9.98 Å². The maximum atomic E-state index is 4.47. The predicted molar refractivity (Wildman–Crippen MR) is 56.3 cm³/mol. The van der Waals surface area contributed by atoms with Gasteiger partial charge in [-0.15, -0.1) is 0 Å². The van der Waals surface area contributed by atoms with E-state index < -0.39 is 0 Å². The third-order valence-corrected chi connectivity index (χ3v) is 3.06. The molecule has 6 heteroatoms. The largest absolute Gasteiger partial charge is 0.338 e. The molecule has 3 fully saturated rings. The molecule has 6 nitrogen and oxygen atoms in total. The van der Waals surface area contributed by atoms with Crippen molar-refractivity contribution in [3.8, 4) is 0 Å². The second kappa shape index (κ2) is 2.70. The molecular weight excluding hydrogens is 192 g/mol. The summed E-state index contributed by atoms with van der Waals surface area (Å²) in [6.45, 7) is 6.91. The fourth-order valence-electron chi connectivity index (χ4n) is 1.92. The lowest BCUT2D eigenvalue weighted by Gasteiger charge is -2.34. The van der Waals surface area contributed by atoms with E-state index in [4.69, 9.17) is 0 Å². The Morgan fingerprint density at radius 1 is 1.07 bits per heavy atom. The summed E-state index contributed by atoms with van der Waals surface area (Å²) in [6.07, 6.45) is 1.90. The maximum absolute atomic E-state index is 4.47. The van der Waals surface area contributed by atoms with Crippen molar-refractivity contribution in [2.45, 2.75) is 6.29 Å². The highest BCUT2D eigenvalue weighted by Gasteiger charge is 2.44. The van der Waals surface area contributed by atoms with Gasteiger partial charge in [0.05, 0.1) is 0 Å². The van der Waals surface area contributed by atoms with Crippen LogP contribution in [0.5, 0.6) is 0 Å². The van der Waals surface area contributed by atoms with Crippen LogP contribution in [-0.4, -0.2) is 77.7 Å². The van der Waals surface area contributed by atoms with Crippen LogP contribution < -0.4 is 0 Å². The van der Waals surface area contributed by atoms with E-state index in [1.807, 2.05) is 0 Å². The molecule has 3 saturated heterocycles. The molecule has 0 spiro atoms. The first-order valence-electron chi connectivity index (χ1n) is 5.56. The molecule has 0 aromatic heterocycles. The van der Waals surface area contributed by atoms with Crippen molar-refractivity contribution in [2.75, 3.05) is 39.3 Å². The third-order valence-electron chi connectivity index (χ3n) is 3.06. The number of nitrogens with zero attached hydrogens (tertiary/aromatic N) is 6. The minimum absolute atomic E-state index is 0.181. The topological polar surface area (TPSA) is 37.0 Å². The van der Waals surface area contributed by atoms with Crippen LogP contribution in [0.2, 0.25) is 0 Å². The molecule has 1 unspecified atom stereocenters. The monoisotopic (exact) mass is 206 g/mol. The van der Waals surface area contributed by atoms with Crippen molar-refractivity contribution >= 4 is 12.3 Å². The Hall–Kier alpha value is -1.14. The minimum atomic E-state index is 0.181. The summed E-state index contributed by atoms with van der Waals surface area (Å²) in [6, 6.07) is 0. The number of aliphatic imine (C=N–C) groups is 2. The Balaban J connectivity index is 1.64. The SMILES string of the molecule is C1=NC(N2CC2)N(N2CC2)C(N2CC2)=N1. The van der Waals surface area contributed by atoms with Gasteiger partial charge in [-0.2, -0.15) is 0 Å². The Bertz CT molecular complexity index is 339. The molecule has 4 rings (SSSR count). The second-order valence-electron chi connectivity index (χ2n) is 4.36. The van der Waals surface area contributed by atoms with E-state index in [-0.39, 0.29) is 6.29 Å². The van der Waals surface area contributed by atoms with Crippen molar-refractivity contribution < 1.29 is 0 Å². The molecule has 0 radical (unpaired) electrons. The number of hydrogen-bond acceptors (Lipinski definition) is 6. The van der Waals surface area contributed by atoms with E-state index >= 15 is 0 Å². The molecule has 4 aliphatic heterocycles. The highest BCUT2D eigenvalue weighted by Crippen LogP contribution is 2.26. The molecular formula is C9H14N6. The molecule has 0 N–H and O–H groups in total. The summed E-state index contributed by atoms with van der Waals surface area (Å²) >= 11 is 0. The predicted octanol–water partition coefficient (Wildman–Crippen LogP) is -1.17. The lowest BCUT2D eigenvalue weighted by molar-refractivity contribution is 0.0622. The average molecular weight is 206 g/mol. The van der Waals surface area contributed by atoms with Gasteiger partial charge in [0, 0.05) is 39.3 Å². The van der Waals surface area contributed by atoms with Gasteiger partial charge in [0.15, 0.2) is 6.29 Å². The van der Waals surface area contributed by atoms with E-state index in [1.54, 1.807) is 6.34 Å². The lowest BCUT2D eigenvalue weighted by atomic mass is 10.6. The Morgan fingerprint density at radius 2 is 1.87 bits per heavy atom. The number of hydrogen-bond donors (Lipinski definition) is 0. The van der Waals surface area contributed by atoms with Crippen LogP contribution in [0.4, 0.5) is 0 Å². The van der Waals surface area contributed by atoms with Gasteiger partial charge in [-0.1, -0.05) is 0 Å². The smallest absolute Gasteiger partial charge is 0.220 e. The summed E-state index contributed by atoms with van der Waals surface area (Å²) < 4.78 is 0. The summed E-state index contributed by atoms with van der Waals surface area (Å²) in [5.41, 5.74) is 0. The van der Waals surface area contributed by atoms with Crippen LogP contribution in [-0.2, 0) is 0 Å². The zero-order chi connectivity index (χ0) is 9.83. The molecule has 4 aliphatic rings. The summed E-state index contributed by atoms with van der Waals surface area (Å²) in [7, 11) is 0. The first kappa shape index (κ1) is 8.06. The Labute approximate surface area is 88.4 Å². The van der Waals surface area contributed by atoms with E-state index in [1.165, 1.54) is 13.1 Å². The van der Waals surface area contributed by atoms with Gasteiger partial charge >= 0.3 is 0 Å². The van der Waals surface area contributed by atoms with Gasteiger partial charge in [-0.3, -0.25) is 4.90 Å². The standard InChI is InChI=1S/C9H14N6/c1-2-12(1)8-10-7-11-9(13-3-4-13)15(8)14-5-6-14/h7-8H,1-6H2. The van der Waals surface area contributed by atoms with Gasteiger partial charge in [0.1, 0.15) is 6.34 Å². The van der Waals surface area contributed by atoms with Crippen LogP contribution in [0, 0.1) is 0 Å². The number of guanidine groups is 1. The summed E-state index contributed by atoms with van der Waals surface area (Å²) in [4.78, 5) is 13.5. The minimum Gasteiger partial charge on any atom is -0.338 e. The molecule has 1 atom stereocenters. The molecule has 0 aromatic carbocycles. The van der Waals surface area contributed by atoms with Gasteiger partial charge in [0.25, 0.3) is 0 Å². The normalized spacial score (nSPS) is 34.4. The van der Waals surface area contributed by atoms with E-state index in [0.717, 1.165) is 32.1 Å². The van der Waals surface area contributed by atoms with Crippen molar-refractivity contribution in [1.82, 2.24) is 19.8 Å². The molecule has 0 saturated carbocycles. The highest BCUT2D eigenvalue weighted by molar-refractivity contribution is 5.90. The van der Waals surface area contributed by atoms with Crippen molar-refractivity contribution in [3.63, 3.8) is 0 Å². The quantitative estimate of drug-likeness (QED) is 0.534. The molecule has 0 amide bonds. The zero-order valence-electron chi connectivity index (χ0n) is 8.58. The molecule has 0 bridgehead atoms. The molecule has 4 heterocycles. The van der Waals surface area contributed by atoms with E-state index in [2.05, 4.69) is 29.8 Å². The first-order valence-corrected chi connectivity index (χ1v) is 5.56. The maximum Gasteiger partial charge on any atom is 0.220 e. The molecule has 15 heavy (non-hydrogen) atoms. The first-order chi connectivity index (χ1) is 7.43. The van der Waals surface area contributed by atoms with Crippen LogP contribution in [0.25, 0.3) is 0 Å². The van der Waals surface area contributed by atoms with Gasteiger partial charge in [-0.25, -0.2) is 20.0 Å². The van der Waals surface area contributed by atoms with Gasteiger partial charge in [-0.05, 0) is 0 Å². The number of hydrazine groups is 1. The fraction of sp³-hybridized carbons (Fsp3) is 0.778. The van der Waals surface area contributed by atoms with Crippen molar-refractivity contribution in [3.05, 3.63) is 0 Å². The van der Waals surface area contributed by atoms with Crippen LogP contribution in [0.15, 0.2) is 9.98 Å². The van der Waals surface area contributed by atoms with Crippen LogP contribution >= 0.6 is 0 Å². The average Bonchev–Trinajstić information content (AvgIpc) is 3.19. The molecule has 0 aliphatic carbocycles. The van der Waals surface area contributed by atoms with E-state index in [0.29, 0.717) is 0 Å². The van der Waals surface area contributed by atoms with Gasteiger partial charge in [0.2, 0.25) is 5.96 Å². The Kier molecular flexibility index (Phi) is 1.45. The Morgan fingerprint density at radius 3 is 2.47 bits per heavy atom. The lowest BCUT2D eigenvalue weighted by Crippen LogP contribution is -2.51. The van der Waals surface area contributed by atoms with Crippen molar-refractivity contribution in [1.29, 1.82) is 0 Å².